The van der Waals surface area contributed by atoms with Crippen LogP contribution in [0.5, 0.6) is 0 Å². The third-order valence-corrected chi connectivity index (χ3v) is 2.52. The molecule has 19 heavy (non-hydrogen) atoms. The average molecular weight is 269 g/mol. The van der Waals surface area contributed by atoms with Gasteiger partial charge in [-0.15, -0.1) is 0 Å². The lowest BCUT2D eigenvalue weighted by Gasteiger charge is -2.06. The molecule has 0 unspecified atom stereocenters. The van der Waals surface area contributed by atoms with Crippen LogP contribution in [0.1, 0.15) is 33.6 Å². The fourth-order valence-corrected chi connectivity index (χ4v) is 1.50. The van der Waals surface area contributed by atoms with Crippen LogP contribution in [0.3, 0.4) is 0 Å². The van der Waals surface area contributed by atoms with Gasteiger partial charge in [-0.1, -0.05) is 0 Å². The van der Waals surface area contributed by atoms with E-state index in [1.165, 1.54) is 12.1 Å². The van der Waals surface area contributed by atoms with Gasteiger partial charge in [0.15, 0.2) is 0 Å². The minimum absolute atomic E-state index is 0.156. The Morgan fingerprint density at radius 2 is 2.11 bits per heavy atom. The van der Waals surface area contributed by atoms with Crippen LogP contribution in [0.2, 0.25) is 0 Å². The van der Waals surface area contributed by atoms with Crippen LogP contribution in [0.25, 0.3) is 0 Å². The van der Waals surface area contributed by atoms with Crippen molar-refractivity contribution in [2.75, 3.05) is 20.3 Å². The maximum absolute atomic E-state index is 13.5. The van der Waals surface area contributed by atoms with E-state index in [9.17, 15) is 14.0 Å². The van der Waals surface area contributed by atoms with E-state index in [0.29, 0.717) is 13.2 Å². The van der Waals surface area contributed by atoms with Crippen LogP contribution in [-0.2, 0) is 4.74 Å². The molecule has 0 heterocycles. The maximum atomic E-state index is 13.5. The van der Waals surface area contributed by atoms with Gasteiger partial charge < -0.3 is 15.2 Å². The van der Waals surface area contributed by atoms with Crippen molar-refractivity contribution in [2.45, 2.75) is 12.8 Å². The number of carbonyl (C=O) groups is 2. The smallest absolute Gasteiger partial charge is 0.335 e. The molecule has 0 saturated carbocycles. The van der Waals surface area contributed by atoms with E-state index in [4.69, 9.17) is 9.84 Å². The van der Waals surface area contributed by atoms with Crippen LogP contribution in [0.4, 0.5) is 4.39 Å². The fraction of sp³-hybridized carbons (Fsp3) is 0.385. The van der Waals surface area contributed by atoms with Crippen molar-refractivity contribution in [3.05, 3.63) is 35.1 Å². The average Bonchev–Trinajstić information content (AvgIpc) is 2.38. The van der Waals surface area contributed by atoms with E-state index >= 15 is 0 Å². The Balaban J connectivity index is 2.55. The second kappa shape index (κ2) is 7.48. The van der Waals surface area contributed by atoms with Gasteiger partial charge in [0.25, 0.3) is 5.91 Å². The summed E-state index contributed by atoms with van der Waals surface area (Å²) in [4.78, 5) is 22.3. The number of unbranched alkanes of at least 4 members (excludes halogenated alkanes) is 1. The Labute approximate surface area is 110 Å². The highest BCUT2D eigenvalue weighted by atomic mass is 19.1. The molecule has 1 aromatic rings. The topological polar surface area (TPSA) is 75.6 Å². The first-order valence-electron chi connectivity index (χ1n) is 5.86. The summed E-state index contributed by atoms with van der Waals surface area (Å²) >= 11 is 0. The number of nitrogens with one attached hydrogen (secondary N) is 1. The van der Waals surface area contributed by atoms with E-state index in [1.54, 1.807) is 7.11 Å². The molecule has 104 valence electrons. The Kier molecular flexibility index (Phi) is 5.95. The minimum Gasteiger partial charge on any atom is -0.478 e. The molecule has 0 radical (unpaired) electrons. The molecule has 0 fully saturated rings. The lowest BCUT2D eigenvalue weighted by Crippen LogP contribution is -2.25. The van der Waals surface area contributed by atoms with Gasteiger partial charge in [0.2, 0.25) is 0 Å². The zero-order valence-electron chi connectivity index (χ0n) is 10.6. The summed E-state index contributed by atoms with van der Waals surface area (Å²) in [6.45, 7) is 1.03. The maximum Gasteiger partial charge on any atom is 0.335 e. The summed E-state index contributed by atoms with van der Waals surface area (Å²) in [5, 5.41) is 11.2. The number of rotatable bonds is 7. The van der Waals surface area contributed by atoms with E-state index in [0.717, 1.165) is 18.9 Å². The van der Waals surface area contributed by atoms with Gasteiger partial charge in [-0.25, -0.2) is 9.18 Å². The first-order valence-corrected chi connectivity index (χ1v) is 5.86. The lowest BCUT2D eigenvalue weighted by atomic mass is 10.1. The highest BCUT2D eigenvalue weighted by Crippen LogP contribution is 2.10. The predicted molar refractivity (Wildman–Crippen MR) is 66.8 cm³/mol. The van der Waals surface area contributed by atoms with Crippen LogP contribution in [0, 0.1) is 5.82 Å². The van der Waals surface area contributed by atoms with Gasteiger partial charge in [0.1, 0.15) is 5.82 Å². The number of ether oxygens (including phenoxy) is 1. The highest BCUT2D eigenvalue weighted by Gasteiger charge is 2.13. The molecule has 1 rings (SSSR count). The molecule has 1 amide bonds. The van der Waals surface area contributed by atoms with E-state index < -0.39 is 17.7 Å². The second-order valence-corrected chi connectivity index (χ2v) is 3.96. The number of carboxylic acids is 1. The van der Waals surface area contributed by atoms with Crippen molar-refractivity contribution in [3.8, 4) is 0 Å². The van der Waals surface area contributed by atoms with Gasteiger partial charge in [0.05, 0.1) is 11.1 Å². The first kappa shape index (κ1) is 15.1. The molecule has 2 N–H and O–H groups in total. The number of benzene rings is 1. The van der Waals surface area contributed by atoms with Crippen molar-refractivity contribution in [2.24, 2.45) is 0 Å². The standard InChI is InChI=1S/C13H16FNO4/c1-19-7-3-2-6-15-12(16)10-5-4-9(13(17)18)8-11(10)14/h4-5,8H,2-3,6-7H2,1H3,(H,15,16)(H,17,18). The first-order chi connectivity index (χ1) is 9.06. The molecule has 0 atom stereocenters. The van der Waals surface area contributed by atoms with Crippen molar-refractivity contribution >= 4 is 11.9 Å². The highest BCUT2D eigenvalue weighted by molar-refractivity contribution is 5.96. The van der Waals surface area contributed by atoms with E-state index in [1.807, 2.05) is 0 Å². The number of methoxy groups -OCH3 is 1. The molecule has 0 bridgehead atoms. The van der Waals surface area contributed by atoms with Crippen LogP contribution in [-0.4, -0.2) is 37.2 Å². The van der Waals surface area contributed by atoms with E-state index in [-0.39, 0.29) is 11.1 Å². The lowest BCUT2D eigenvalue weighted by molar-refractivity contribution is 0.0695. The second-order valence-electron chi connectivity index (χ2n) is 3.96. The minimum atomic E-state index is -1.23. The molecule has 0 aliphatic heterocycles. The number of hydrogen-bond acceptors (Lipinski definition) is 3. The monoisotopic (exact) mass is 269 g/mol. The molecular weight excluding hydrogens is 253 g/mol. The molecule has 0 aliphatic rings. The Bertz CT molecular complexity index is 462. The number of halogens is 1. The van der Waals surface area contributed by atoms with Gasteiger partial charge in [0, 0.05) is 20.3 Å². The Morgan fingerprint density at radius 1 is 1.37 bits per heavy atom. The molecule has 0 saturated heterocycles. The van der Waals surface area contributed by atoms with Crippen molar-refractivity contribution in [1.82, 2.24) is 5.32 Å². The zero-order chi connectivity index (χ0) is 14.3. The largest absolute Gasteiger partial charge is 0.478 e. The quantitative estimate of drug-likeness (QED) is 0.738. The SMILES string of the molecule is COCCCCNC(=O)c1ccc(C(=O)O)cc1F. The number of hydrogen-bond donors (Lipinski definition) is 2. The summed E-state index contributed by atoms with van der Waals surface area (Å²) in [7, 11) is 1.60. The third kappa shape index (κ3) is 4.67. The Hall–Kier alpha value is -1.95. The fourth-order valence-electron chi connectivity index (χ4n) is 1.50. The van der Waals surface area contributed by atoms with Gasteiger partial charge in [-0.2, -0.15) is 0 Å². The summed E-state index contributed by atoms with van der Waals surface area (Å²) in [5.41, 5.74) is -0.342. The molecule has 6 heteroatoms. The molecule has 5 nitrogen and oxygen atoms in total. The molecular formula is C13H16FNO4. The van der Waals surface area contributed by atoms with Crippen molar-refractivity contribution in [3.63, 3.8) is 0 Å². The van der Waals surface area contributed by atoms with Gasteiger partial charge in [-0.3, -0.25) is 4.79 Å². The van der Waals surface area contributed by atoms with E-state index in [2.05, 4.69) is 5.32 Å². The summed E-state index contributed by atoms with van der Waals surface area (Å²) in [5.74, 6) is -2.62. The zero-order valence-corrected chi connectivity index (χ0v) is 10.6. The van der Waals surface area contributed by atoms with Crippen LogP contribution >= 0.6 is 0 Å². The van der Waals surface area contributed by atoms with Crippen molar-refractivity contribution < 1.29 is 23.8 Å². The molecule has 0 aromatic heterocycles. The summed E-state index contributed by atoms with van der Waals surface area (Å²) < 4.78 is 18.4. The van der Waals surface area contributed by atoms with Crippen LogP contribution < -0.4 is 5.32 Å². The number of amides is 1. The number of carboxylic acid groups (broad SMARTS) is 1. The van der Waals surface area contributed by atoms with Crippen LogP contribution in [0.15, 0.2) is 18.2 Å². The predicted octanol–water partition coefficient (Wildman–Crippen LogP) is 1.68. The molecule has 0 aliphatic carbocycles. The van der Waals surface area contributed by atoms with Gasteiger partial charge >= 0.3 is 5.97 Å². The number of carbonyl (C=O) groups excluding carboxylic acids is 1. The summed E-state index contributed by atoms with van der Waals surface area (Å²) in [6.07, 6.45) is 1.53. The summed E-state index contributed by atoms with van der Waals surface area (Å²) in [6, 6.07) is 3.21. The normalized spacial score (nSPS) is 10.2. The Morgan fingerprint density at radius 3 is 2.68 bits per heavy atom. The third-order valence-electron chi connectivity index (χ3n) is 2.52. The molecule has 1 aromatic carbocycles. The van der Waals surface area contributed by atoms with Crippen molar-refractivity contribution in [1.29, 1.82) is 0 Å². The van der Waals surface area contributed by atoms with Gasteiger partial charge in [-0.05, 0) is 31.0 Å². The number of aromatic carboxylic acids is 1. The molecule has 0 spiro atoms.